The van der Waals surface area contributed by atoms with E-state index in [1.54, 1.807) is 35.8 Å². The van der Waals surface area contributed by atoms with Crippen molar-refractivity contribution in [2.24, 2.45) is 0 Å². The van der Waals surface area contributed by atoms with Crippen LogP contribution in [0.25, 0.3) is 11.0 Å². The van der Waals surface area contributed by atoms with Crippen LogP contribution in [-0.4, -0.2) is 33.8 Å². The van der Waals surface area contributed by atoms with E-state index in [0.29, 0.717) is 42.3 Å². The Morgan fingerprint density at radius 2 is 2.24 bits per heavy atom. The molecule has 2 heterocycles. The van der Waals surface area contributed by atoms with E-state index in [1.807, 2.05) is 6.92 Å². The number of hydrogen-bond donors (Lipinski definition) is 2. The summed E-state index contributed by atoms with van der Waals surface area (Å²) in [6.07, 6.45) is 0. The van der Waals surface area contributed by atoms with Crippen LogP contribution in [-0.2, 0) is 17.8 Å². The molecule has 0 saturated heterocycles. The zero-order valence-corrected chi connectivity index (χ0v) is 14.2. The van der Waals surface area contributed by atoms with Crippen LogP contribution >= 0.6 is 0 Å². The van der Waals surface area contributed by atoms with Gasteiger partial charge in [-0.1, -0.05) is 5.16 Å². The number of imidazole rings is 1. The molecule has 0 aliphatic heterocycles. The second-order valence-electron chi connectivity index (χ2n) is 5.62. The van der Waals surface area contributed by atoms with Gasteiger partial charge in [0.2, 0.25) is 0 Å². The van der Waals surface area contributed by atoms with Gasteiger partial charge in [-0.25, -0.2) is 4.79 Å². The van der Waals surface area contributed by atoms with Gasteiger partial charge in [0.1, 0.15) is 11.5 Å². The summed E-state index contributed by atoms with van der Waals surface area (Å²) in [7, 11) is 0. The minimum atomic E-state index is -0.245. The van der Waals surface area contributed by atoms with Crippen molar-refractivity contribution >= 4 is 16.9 Å². The van der Waals surface area contributed by atoms with Crippen molar-refractivity contribution in [1.29, 1.82) is 0 Å². The first-order chi connectivity index (χ1) is 12.1. The van der Waals surface area contributed by atoms with Gasteiger partial charge in [0.05, 0.1) is 30.7 Å². The lowest BCUT2D eigenvalue weighted by atomic mass is 10.2. The zero-order chi connectivity index (χ0) is 17.8. The van der Waals surface area contributed by atoms with Crippen molar-refractivity contribution in [1.82, 2.24) is 20.0 Å². The van der Waals surface area contributed by atoms with Crippen molar-refractivity contribution in [3.63, 3.8) is 0 Å². The molecule has 0 aliphatic carbocycles. The molecule has 0 radical (unpaired) electrons. The maximum absolute atomic E-state index is 12.3. The van der Waals surface area contributed by atoms with Crippen LogP contribution in [0.4, 0.5) is 0 Å². The third kappa shape index (κ3) is 3.80. The standard InChI is InChI=1S/C17H20N4O4/c1-3-24-7-6-21-15-5-4-12(9-14(15)19-17(21)23)16(22)18-10-13-8-11(2)25-20-13/h4-5,8-9H,3,6-7,10H2,1-2H3,(H,18,22)(H,19,23). The van der Waals surface area contributed by atoms with E-state index in [9.17, 15) is 9.59 Å². The highest BCUT2D eigenvalue weighted by Crippen LogP contribution is 2.13. The molecule has 0 saturated carbocycles. The lowest BCUT2D eigenvalue weighted by molar-refractivity contribution is 0.0950. The molecule has 8 nitrogen and oxygen atoms in total. The third-order valence-electron chi connectivity index (χ3n) is 3.81. The largest absolute Gasteiger partial charge is 0.380 e. The van der Waals surface area contributed by atoms with Crippen LogP contribution in [0.3, 0.4) is 0 Å². The highest BCUT2D eigenvalue weighted by Gasteiger charge is 2.11. The molecule has 3 rings (SSSR count). The van der Waals surface area contributed by atoms with E-state index in [4.69, 9.17) is 9.26 Å². The van der Waals surface area contributed by atoms with Crippen molar-refractivity contribution in [2.75, 3.05) is 13.2 Å². The van der Waals surface area contributed by atoms with Crippen molar-refractivity contribution in [3.8, 4) is 0 Å². The molecule has 2 aromatic heterocycles. The predicted molar refractivity (Wildman–Crippen MR) is 91.5 cm³/mol. The minimum absolute atomic E-state index is 0.217. The lowest BCUT2D eigenvalue weighted by Crippen LogP contribution is -2.22. The van der Waals surface area contributed by atoms with Crippen LogP contribution in [0.15, 0.2) is 33.6 Å². The van der Waals surface area contributed by atoms with E-state index in [1.165, 1.54) is 0 Å². The SMILES string of the molecule is CCOCCn1c(=O)[nH]c2cc(C(=O)NCc3cc(C)on3)ccc21. The van der Waals surface area contributed by atoms with Crippen LogP contribution in [0, 0.1) is 6.92 Å². The summed E-state index contributed by atoms with van der Waals surface area (Å²) in [5, 5.41) is 6.61. The molecule has 2 N–H and O–H groups in total. The number of carbonyl (C=O) groups is 1. The van der Waals surface area contributed by atoms with E-state index in [0.717, 1.165) is 5.52 Å². The molecule has 3 aromatic rings. The Hall–Kier alpha value is -2.87. The highest BCUT2D eigenvalue weighted by molar-refractivity contribution is 5.97. The molecule has 0 fully saturated rings. The number of hydrogen-bond acceptors (Lipinski definition) is 5. The van der Waals surface area contributed by atoms with Gasteiger partial charge in [-0.15, -0.1) is 0 Å². The maximum atomic E-state index is 12.3. The predicted octanol–water partition coefficient (Wildman–Crippen LogP) is 1.59. The smallest absolute Gasteiger partial charge is 0.326 e. The number of rotatable bonds is 7. The summed E-state index contributed by atoms with van der Waals surface area (Å²) in [4.78, 5) is 27.1. The van der Waals surface area contributed by atoms with Gasteiger partial charge in [-0.2, -0.15) is 0 Å². The summed E-state index contributed by atoms with van der Waals surface area (Å²) in [6, 6.07) is 6.88. The molecular weight excluding hydrogens is 324 g/mol. The number of H-pyrrole nitrogens is 1. The summed E-state index contributed by atoms with van der Waals surface area (Å²) in [6.45, 7) is 5.50. The number of aromatic amines is 1. The molecule has 0 unspecified atom stereocenters. The van der Waals surface area contributed by atoms with Crippen LogP contribution in [0.2, 0.25) is 0 Å². The number of amides is 1. The van der Waals surface area contributed by atoms with Gasteiger partial charge >= 0.3 is 5.69 Å². The Kier molecular flexibility index (Phi) is 4.99. The number of fused-ring (bicyclic) bond motifs is 1. The average Bonchev–Trinajstić information content (AvgIpc) is 3.15. The molecule has 8 heteroatoms. The molecule has 132 valence electrons. The highest BCUT2D eigenvalue weighted by atomic mass is 16.5. The van der Waals surface area contributed by atoms with E-state index in [-0.39, 0.29) is 18.1 Å². The molecular formula is C17H20N4O4. The summed E-state index contributed by atoms with van der Waals surface area (Å²) >= 11 is 0. The molecule has 1 amide bonds. The second kappa shape index (κ2) is 7.35. The zero-order valence-electron chi connectivity index (χ0n) is 14.2. The van der Waals surface area contributed by atoms with Crippen molar-refractivity contribution < 1.29 is 14.1 Å². The Morgan fingerprint density at radius 3 is 2.96 bits per heavy atom. The Morgan fingerprint density at radius 1 is 1.40 bits per heavy atom. The van der Waals surface area contributed by atoms with E-state index < -0.39 is 0 Å². The molecule has 0 aliphatic rings. The Bertz CT molecular complexity index is 938. The van der Waals surface area contributed by atoms with Crippen molar-refractivity contribution in [2.45, 2.75) is 26.9 Å². The monoisotopic (exact) mass is 344 g/mol. The Labute approximate surface area is 143 Å². The number of nitrogens with one attached hydrogen (secondary N) is 2. The van der Waals surface area contributed by atoms with Crippen molar-refractivity contribution in [3.05, 3.63) is 51.8 Å². The number of aromatic nitrogens is 3. The molecule has 1 aromatic carbocycles. The molecule has 25 heavy (non-hydrogen) atoms. The first kappa shape index (κ1) is 17.0. The van der Waals surface area contributed by atoms with Crippen LogP contribution in [0.1, 0.15) is 28.7 Å². The first-order valence-electron chi connectivity index (χ1n) is 8.09. The topological polar surface area (TPSA) is 102 Å². The molecule has 0 atom stereocenters. The average molecular weight is 344 g/mol. The number of carbonyl (C=O) groups excluding carboxylic acids is 1. The van der Waals surface area contributed by atoms with E-state index in [2.05, 4.69) is 15.5 Å². The quantitative estimate of drug-likeness (QED) is 0.634. The number of ether oxygens (including phenoxy) is 1. The van der Waals surface area contributed by atoms with Crippen LogP contribution < -0.4 is 11.0 Å². The van der Waals surface area contributed by atoms with Gasteiger partial charge in [0.15, 0.2) is 0 Å². The molecule has 0 bridgehead atoms. The Balaban J connectivity index is 1.74. The fraction of sp³-hybridized carbons (Fsp3) is 0.353. The van der Waals surface area contributed by atoms with Gasteiger partial charge in [0.25, 0.3) is 5.91 Å². The van der Waals surface area contributed by atoms with Crippen LogP contribution in [0.5, 0.6) is 0 Å². The first-order valence-corrected chi connectivity index (χ1v) is 8.09. The fourth-order valence-corrected chi connectivity index (χ4v) is 2.60. The van der Waals surface area contributed by atoms with Gasteiger partial charge in [-0.05, 0) is 32.0 Å². The number of benzene rings is 1. The summed E-state index contributed by atoms with van der Waals surface area (Å²) in [5.41, 5.74) is 2.26. The van der Waals surface area contributed by atoms with Gasteiger partial charge in [-0.3, -0.25) is 9.36 Å². The minimum Gasteiger partial charge on any atom is -0.380 e. The van der Waals surface area contributed by atoms with E-state index >= 15 is 0 Å². The lowest BCUT2D eigenvalue weighted by Gasteiger charge is -2.05. The maximum Gasteiger partial charge on any atom is 0.326 e. The summed E-state index contributed by atoms with van der Waals surface area (Å²) in [5.74, 6) is 0.446. The fourth-order valence-electron chi connectivity index (χ4n) is 2.60. The number of aryl methyl sites for hydroxylation is 1. The van der Waals surface area contributed by atoms with Gasteiger partial charge in [0, 0.05) is 18.2 Å². The molecule has 0 spiro atoms. The summed E-state index contributed by atoms with van der Waals surface area (Å²) < 4.78 is 11.9. The number of nitrogens with zero attached hydrogens (tertiary/aromatic N) is 2. The third-order valence-corrected chi connectivity index (χ3v) is 3.81. The normalized spacial score (nSPS) is 11.1. The van der Waals surface area contributed by atoms with Gasteiger partial charge < -0.3 is 19.6 Å². The second-order valence-corrected chi connectivity index (χ2v) is 5.62.